The summed E-state index contributed by atoms with van der Waals surface area (Å²) in [6.07, 6.45) is 3.02. The van der Waals surface area contributed by atoms with Crippen LogP contribution in [0.5, 0.6) is 0 Å². The summed E-state index contributed by atoms with van der Waals surface area (Å²) >= 11 is 0. The largest absolute Gasteiger partial charge is 0.481 e. The van der Waals surface area contributed by atoms with E-state index in [-0.39, 0.29) is 0 Å². The van der Waals surface area contributed by atoms with Crippen LogP contribution in [0.1, 0.15) is 40.0 Å². The molecular weight excluding hydrogens is 220 g/mol. The van der Waals surface area contributed by atoms with E-state index in [1.54, 1.807) is 0 Å². The van der Waals surface area contributed by atoms with Crippen molar-refractivity contribution in [2.45, 2.75) is 40.0 Å². The Morgan fingerprint density at radius 2 is 1.76 bits per heavy atom. The molecule has 17 heavy (non-hydrogen) atoms. The molecule has 1 saturated carbocycles. The van der Waals surface area contributed by atoms with Crippen LogP contribution in [0.15, 0.2) is 11.6 Å². The van der Waals surface area contributed by atoms with E-state index in [0.29, 0.717) is 19.3 Å². The summed E-state index contributed by atoms with van der Waals surface area (Å²) in [5.74, 6) is -1.95. The smallest absolute Gasteiger partial charge is 0.311 e. The van der Waals surface area contributed by atoms with Crippen molar-refractivity contribution in [3.63, 3.8) is 0 Å². The molecule has 2 bridgehead atoms. The van der Waals surface area contributed by atoms with Crippen LogP contribution in [0.25, 0.3) is 0 Å². The summed E-state index contributed by atoms with van der Waals surface area (Å²) < 4.78 is 0. The molecular formula is C13H18O4. The Labute approximate surface area is 100 Å². The maximum atomic E-state index is 11.8. The van der Waals surface area contributed by atoms with Crippen molar-refractivity contribution >= 4 is 11.9 Å². The predicted octanol–water partition coefficient (Wildman–Crippen LogP) is 2.30. The predicted molar refractivity (Wildman–Crippen MR) is 61.5 cm³/mol. The number of rotatable bonds is 2. The zero-order chi connectivity index (χ0) is 13.1. The average molecular weight is 238 g/mol. The van der Waals surface area contributed by atoms with Gasteiger partial charge in [-0.3, -0.25) is 9.59 Å². The van der Waals surface area contributed by atoms with Gasteiger partial charge in [0.25, 0.3) is 0 Å². The van der Waals surface area contributed by atoms with Gasteiger partial charge in [0.15, 0.2) is 0 Å². The summed E-state index contributed by atoms with van der Waals surface area (Å²) in [5, 5.41) is 19.2. The van der Waals surface area contributed by atoms with Crippen LogP contribution in [0.2, 0.25) is 0 Å². The summed E-state index contributed by atoms with van der Waals surface area (Å²) in [5.41, 5.74) is -1.92. The fourth-order valence-electron chi connectivity index (χ4n) is 3.75. The van der Waals surface area contributed by atoms with Crippen LogP contribution >= 0.6 is 0 Å². The zero-order valence-corrected chi connectivity index (χ0v) is 10.4. The second kappa shape index (κ2) is 3.12. The number of fused-ring (bicyclic) bond motifs is 2. The van der Waals surface area contributed by atoms with E-state index in [9.17, 15) is 19.8 Å². The van der Waals surface area contributed by atoms with E-state index in [1.165, 1.54) is 0 Å². The molecule has 2 aliphatic rings. The number of carbonyl (C=O) groups is 2. The lowest BCUT2D eigenvalue weighted by Crippen LogP contribution is -2.56. The molecule has 0 aromatic carbocycles. The van der Waals surface area contributed by atoms with Gasteiger partial charge in [0.05, 0.1) is 10.8 Å². The van der Waals surface area contributed by atoms with Gasteiger partial charge < -0.3 is 10.2 Å². The molecule has 0 aromatic rings. The van der Waals surface area contributed by atoms with Crippen molar-refractivity contribution in [3.8, 4) is 0 Å². The third-order valence-corrected chi connectivity index (χ3v) is 4.63. The molecule has 0 aliphatic heterocycles. The highest BCUT2D eigenvalue weighted by molar-refractivity contribution is 5.90. The molecule has 2 aliphatic carbocycles. The monoisotopic (exact) mass is 238 g/mol. The van der Waals surface area contributed by atoms with Crippen molar-refractivity contribution in [1.82, 2.24) is 0 Å². The standard InChI is InChI=1S/C13H18O4/c1-11(2,3)13(10(16)17)7-8-4-5-12(13,6-8)9(14)15/h4H,5-7H2,1-3H3,(H,14,15)(H,16,17). The summed E-state index contributed by atoms with van der Waals surface area (Å²) in [6.45, 7) is 5.48. The molecule has 2 rings (SSSR count). The molecule has 0 radical (unpaired) electrons. The minimum absolute atomic E-state index is 0.348. The highest BCUT2D eigenvalue weighted by Crippen LogP contribution is 2.68. The normalized spacial score (nSPS) is 35.8. The van der Waals surface area contributed by atoms with Crippen LogP contribution in [-0.4, -0.2) is 22.2 Å². The lowest BCUT2D eigenvalue weighted by atomic mass is 9.52. The van der Waals surface area contributed by atoms with Gasteiger partial charge in [-0.15, -0.1) is 0 Å². The molecule has 0 aromatic heterocycles. The van der Waals surface area contributed by atoms with Crippen LogP contribution in [0, 0.1) is 16.2 Å². The van der Waals surface area contributed by atoms with Crippen LogP contribution in [0.4, 0.5) is 0 Å². The third kappa shape index (κ3) is 1.18. The maximum absolute atomic E-state index is 11.8. The molecule has 2 atom stereocenters. The number of hydrogen-bond acceptors (Lipinski definition) is 2. The SMILES string of the molecule is CC(C)(C)C1(C(=O)O)CC2=CCC1(C(=O)O)C2. The topological polar surface area (TPSA) is 74.6 Å². The Kier molecular flexibility index (Phi) is 2.23. The van der Waals surface area contributed by atoms with E-state index in [0.717, 1.165) is 5.57 Å². The first-order valence-corrected chi connectivity index (χ1v) is 5.82. The lowest BCUT2D eigenvalue weighted by molar-refractivity contribution is -0.182. The first-order chi connectivity index (χ1) is 7.67. The molecule has 4 nitrogen and oxygen atoms in total. The number of hydrogen-bond donors (Lipinski definition) is 2. The molecule has 4 heteroatoms. The lowest BCUT2D eigenvalue weighted by Gasteiger charge is -2.48. The molecule has 2 N–H and O–H groups in total. The van der Waals surface area contributed by atoms with Crippen LogP contribution in [-0.2, 0) is 9.59 Å². The summed E-state index contributed by atoms with van der Waals surface area (Å²) in [4.78, 5) is 23.4. The van der Waals surface area contributed by atoms with Gasteiger partial charge in [0, 0.05) is 0 Å². The fourth-order valence-corrected chi connectivity index (χ4v) is 3.75. The first kappa shape index (κ1) is 12.1. The van der Waals surface area contributed by atoms with Crippen molar-refractivity contribution in [2.24, 2.45) is 16.2 Å². The van der Waals surface area contributed by atoms with E-state index >= 15 is 0 Å². The Hall–Kier alpha value is -1.32. The van der Waals surface area contributed by atoms with Crippen LogP contribution < -0.4 is 0 Å². The highest BCUT2D eigenvalue weighted by Gasteiger charge is 2.71. The maximum Gasteiger partial charge on any atom is 0.311 e. The van der Waals surface area contributed by atoms with Gasteiger partial charge in [-0.05, 0) is 24.7 Å². The Morgan fingerprint density at radius 3 is 2.06 bits per heavy atom. The molecule has 2 unspecified atom stereocenters. The second-order valence-corrected chi connectivity index (χ2v) is 6.27. The highest BCUT2D eigenvalue weighted by atomic mass is 16.4. The quantitative estimate of drug-likeness (QED) is 0.724. The Bertz CT molecular complexity index is 429. The molecule has 0 spiro atoms. The zero-order valence-electron chi connectivity index (χ0n) is 10.4. The molecule has 0 heterocycles. The van der Waals surface area contributed by atoms with Gasteiger partial charge in [0.1, 0.15) is 0 Å². The summed E-state index contributed by atoms with van der Waals surface area (Å²) in [6, 6.07) is 0. The fraction of sp³-hybridized carbons (Fsp3) is 0.692. The van der Waals surface area contributed by atoms with Gasteiger partial charge in [-0.25, -0.2) is 0 Å². The Morgan fingerprint density at radius 1 is 1.18 bits per heavy atom. The third-order valence-electron chi connectivity index (χ3n) is 4.63. The van der Waals surface area contributed by atoms with Gasteiger partial charge in [0.2, 0.25) is 0 Å². The summed E-state index contributed by atoms with van der Waals surface area (Å²) in [7, 11) is 0. The Balaban J connectivity index is 2.66. The molecule has 0 saturated heterocycles. The van der Waals surface area contributed by atoms with Crippen molar-refractivity contribution in [2.75, 3.05) is 0 Å². The molecule has 94 valence electrons. The van der Waals surface area contributed by atoms with E-state index < -0.39 is 28.2 Å². The van der Waals surface area contributed by atoms with Crippen LogP contribution in [0.3, 0.4) is 0 Å². The van der Waals surface area contributed by atoms with E-state index in [2.05, 4.69) is 0 Å². The number of allylic oxidation sites excluding steroid dienone is 2. The number of carboxylic acid groups (broad SMARTS) is 2. The van der Waals surface area contributed by atoms with E-state index in [4.69, 9.17) is 0 Å². The average Bonchev–Trinajstić information content (AvgIpc) is 2.71. The van der Waals surface area contributed by atoms with Gasteiger partial charge in [-0.2, -0.15) is 0 Å². The van der Waals surface area contributed by atoms with E-state index in [1.807, 2.05) is 26.8 Å². The minimum atomic E-state index is -1.18. The molecule has 0 amide bonds. The minimum Gasteiger partial charge on any atom is -0.481 e. The van der Waals surface area contributed by atoms with Crippen molar-refractivity contribution < 1.29 is 19.8 Å². The first-order valence-electron chi connectivity index (χ1n) is 5.82. The number of aliphatic carboxylic acids is 2. The number of carboxylic acids is 2. The van der Waals surface area contributed by atoms with Gasteiger partial charge >= 0.3 is 11.9 Å². The molecule has 1 fully saturated rings. The second-order valence-electron chi connectivity index (χ2n) is 6.27. The van der Waals surface area contributed by atoms with Gasteiger partial charge in [-0.1, -0.05) is 32.4 Å². The van der Waals surface area contributed by atoms with Crippen molar-refractivity contribution in [3.05, 3.63) is 11.6 Å². The van der Waals surface area contributed by atoms with Crippen molar-refractivity contribution in [1.29, 1.82) is 0 Å².